The second kappa shape index (κ2) is 7.13. The van der Waals surface area contributed by atoms with Crippen molar-refractivity contribution in [1.29, 1.82) is 0 Å². The molecule has 0 saturated carbocycles. The molecule has 24 heavy (non-hydrogen) atoms. The van der Waals surface area contributed by atoms with Crippen LogP contribution in [0.25, 0.3) is 0 Å². The van der Waals surface area contributed by atoms with Crippen molar-refractivity contribution in [2.45, 2.75) is 25.8 Å². The number of hydrogen-bond acceptors (Lipinski definition) is 3. The van der Waals surface area contributed by atoms with E-state index in [2.05, 4.69) is 10.2 Å². The molecule has 6 heteroatoms. The Kier molecular flexibility index (Phi) is 4.94. The molecule has 3 rings (SSSR count). The Balaban J connectivity index is 1.75. The summed E-state index contributed by atoms with van der Waals surface area (Å²) in [6.45, 7) is 3.92. The predicted octanol–water partition coefficient (Wildman–Crippen LogP) is 3.43. The molecule has 128 valence electrons. The minimum atomic E-state index is -0.862. The quantitative estimate of drug-likeness (QED) is 0.911. The summed E-state index contributed by atoms with van der Waals surface area (Å²) in [4.78, 5) is 14.4. The summed E-state index contributed by atoms with van der Waals surface area (Å²) in [5.41, 5.74) is -0.548. The van der Waals surface area contributed by atoms with Crippen molar-refractivity contribution < 1.29 is 18.0 Å². The van der Waals surface area contributed by atoms with E-state index in [1.165, 1.54) is 6.07 Å². The van der Waals surface area contributed by atoms with Crippen molar-refractivity contribution in [2.24, 2.45) is 0 Å². The van der Waals surface area contributed by atoms with Crippen LogP contribution in [-0.2, 0) is 0 Å². The molecule has 2 heterocycles. The highest BCUT2D eigenvalue weighted by atomic mass is 19.1. The number of nitrogens with one attached hydrogen (secondary N) is 1. The third-order valence-corrected chi connectivity index (χ3v) is 4.32. The van der Waals surface area contributed by atoms with E-state index >= 15 is 0 Å². The van der Waals surface area contributed by atoms with Crippen LogP contribution in [0.2, 0.25) is 0 Å². The number of furan rings is 1. The number of benzene rings is 1. The zero-order valence-corrected chi connectivity index (χ0v) is 13.5. The van der Waals surface area contributed by atoms with Gasteiger partial charge in [0.1, 0.15) is 28.7 Å². The molecule has 4 nitrogen and oxygen atoms in total. The fourth-order valence-corrected chi connectivity index (χ4v) is 3.09. The average Bonchev–Trinajstić information content (AvgIpc) is 3.20. The molecular formula is C18H20F2N2O2. The van der Waals surface area contributed by atoms with E-state index in [9.17, 15) is 13.6 Å². The Bertz CT molecular complexity index is 703. The normalized spacial score (nSPS) is 16.3. The lowest BCUT2D eigenvalue weighted by molar-refractivity contribution is 0.0925. The van der Waals surface area contributed by atoms with Gasteiger partial charge in [-0.3, -0.25) is 9.69 Å². The van der Waals surface area contributed by atoms with Gasteiger partial charge in [-0.1, -0.05) is 6.07 Å². The number of carbonyl (C=O) groups excluding carboxylic acids is 1. The van der Waals surface area contributed by atoms with E-state index in [0.29, 0.717) is 0 Å². The lowest BCUT2D eigenvalue weighted by Crippen LogP contribution is -2.37. The van der Waals surface area contributed by atoms with Gasteiger partial charge in [0.25, 0.3) is 5.91 Å². The minimum absolute atomic E-state index is 0.139. The SMILES string of the molecule is Cc1ccc([C@H](CNC(=O)c2c(F)cccc2F)N2CCCC2)o1. The van der Waals surface area contributed by atoms with Gasteiger partial charge < -0.3 is 9.73 Å². The van der Waals surface area contributed by atoms with Gasteiger partial charge in [-0.15, -0.1) is 0 Å². The van der Waals surface area contributed by atoms with Crippen LogP contribution < -0.4 is 5.32 Å². The molecule has 1 amide bonds. The van der Waals surface area contributed by atoms with Gasteiger partial charge in [0, 0.05) is 6.54 Å². The summed E-state index contributed by atoms with van der Waals surface area (Å²) in [7, 11) is 0. The summed E-state index contributed by atoms with van der Waals surface area (Å²) >= 11 is 0. The predicted molar refractivity (Wildman–Crippen MR) is 85.7 cm³/mol. The Morgan fingerprint density at radius 1 is 1.21 bits per heavy atom. The lowest BCUT2D eigenvalue weighted by atomic mass is 10.1. The van der Waals surface area contributed by atoms with E-state index in [-0.39, 0.29) is 12.6 Å². The van der Waals surface area contributed by atoms with Crippen LogP contribution in [0.4, 0.5) is 8.78 Å². The van der Waals surface area contributed by atoms with Crippen molar-refractivity contribution in [1.82, 2.24) is 10.2 Å². The van der Waals surface area contributed by atoms with Crippen LogP contribution in [-0.4, -0.2) is 30.4 Å². The second-order valence-corrected chi connectivity index (χ2v) is 6.01. The average molecular weight is 334 g/mol. The van der Waals surface area contributed by atoms with E-state index in [0.717, 1.165) is 49.6 Å². The molecule has 1 aromatic carbocycles. The third-order valence-electron chi connectivity index (χ3n) is 4.32. The van der Waals surface area contributed by atoms with Crippen LogP contribution in [0.5, 0.6) is 0 Å². The maximum atomic E-state index is 13.7. The van der Waals surface area contributed by atoms with Gasteiger partial charge in [0.2, 0.25) is 0 Å². The van der Waals surface area contributed by atoms with Crippen LogP contribution in [0.3, 0.4) is 0 Å². The first-order chi connectivity index (χ1) is 11.6. The molecule has 1 saturated heterocycles. The maximum Gasteiger partial charge on any atom is 0.257 e. The fraction of sp³-hybridized carbons (Fsp3) is 0.389. The molecule has 0 radical (unpaired) electrons. The van der Waals surface area contributed by atoms with E-state index in [1.54, 1.807) is 0 Å². The van der Waals surface area contributed by atoms with Gasteiger partial charge in [0.15, 0.2) is 0 Å². The highest BCUT2D eigenvalue weighted by Crippen LogP contribution is 2.26. The Morgan fingerprint density at radius 2 is 1.88 bits per heavy atom. The van der Waals surface area contributed by atoms with Crippen molar-refractivity contribution >= 4 is 5.91 Å². The standard InChI is InChI=1S/C18H20F2N2O2/c1-12-7-8-16(24-12)15(22-9-2-3-10-22)11-21-18(23)17-13(19)5-4-6-14(17)20/h4-8,15H,2-3,9-11H2,1H3,(H,21,23)/t15-/m0/s1. The number of rotatable bonds is 5. The number of halogens is 2. The maximum absolute atomic E-state index is 13.7. The molecule has 1 aliphatic rings. The second-order valence-electron chi connectivity index (χ2n) is 6.01. The number of hydrogen-bond donors (Lipinski definition) is 1. The molecule has 0 spiro atoms. The van der Waals surface area contributed by atoms with Crippen molar-refractivity contribution in [2.75, 3.05) is 19.6 Å². The van der Waals surface area contributed by atoms with Crippen LogP contribution in [0.15, 0.2) is 34.7 Å². The lowest BCUT2D eigenvalue weighted by Gasteiger charge is -2.26. The zero-order chi connectivity index (χ0) is 17.1. The number of nitrogens with zero attached hydrogens (tertiary/aromatic N) is 1. The highest BCUT2D eigenvalue weighted by Gasteiger charge is 2.27. The topological polar surface area (TPSA) is 45.5 Å². The summed E-state index contributed by atoms with van der Waals surface area (Å²) in [6.07, 6.45) is 2.18. The molecule has 1 atom stereocenters. The van der Waals surface area contributed by atoms with Crippen molar-refractivity contribution in [3.63, 3.8) is 0 Å². The number of carbonyl (C=O) groups is 1. The summed E-state index contributed by atoms with van der Waals surface area (Å²) in [5.74, 6) is -0.930. The van der Waals surface area contributed by atoms with Gasteiger partial charge in [0.05, 0.1) is 6.04 Å². The first-order valence-corrected chi connectivity index (χ1v) is 8.09. The molecule has 0 aliphatic carbocycles. The Morgan fingerprint density at radius 3 is 2.46 bits per heavy atom. The van der Waals surface area contributed by atoms with Crippen LogP contribution in [0, 0.1) is 18.6 Å². The molecular weight excluding hydrogens is 314 g/mol. The third kappa shape index (κ3) is 3.48. The molecule has 0 unspecified atom stereocenters. The molecule has 0 bridgehead atoms. The highest BCUT2D eigenvalue weighted by molar-refractivity contribution is 5.94. The smallest absolute Gasteiger partial charge is 0.257 e. The summed E-state index contributed by atoms with van der Waals surface area (Å²) in [5, 5.41) is 2.64. The number of aryl methyl sites for hydroxylation is 1. The largest absolute Gasteiger partial charge is 0.465 e. The van der Waals surface area contributed by atoms with Gasteiger partial charge >= 0.3 is 0 Å². The molecule has 1 aliphatic heterocycles. The first kappa shape index (κ1) is 16.6. The fourth-order valence-electron chi connectivity index (χ4n) is 3.09. The monoisotopic (exact) mass is 334 g/mol. The van der Waals surface area contributed by atoms with Gasteiger partial charge in [-0.05, 0) is 57.1 Å². The summed E-state index contributed by atoms with van der Waals surface area (Å²) < 4.78 is 33.1. The summed E-state index contributed by atoms with van der Waals surface area (Å²) in [6, 6.07) is 7.00. The van der Waals surface area contributed by atoms with Gasteiger partial charge in [-0.25, -0.2) is 8.78 Å². The Hall–Kier alpha value is -2.21. The number of likely N-dealkylation sites (tertiary alicyclic amines) is 1. The minimum Gasteiger partial charge on any atom is -0.465 e. The zero-order valence-electron chi connectivity index (χ0n) is 13.5. The van der Waals surface area contributed by atoms with Crippen molar-refractivity contribution in [3.8, 4) is 0 Å². The number of amides is 1. The Labute approximate surface area is 139 Å². The van der Waals surface area contributed by atoms with Gasteiger partial charge in [-0.2, -0.15) is 0 Å². The molecule has 2 aromatic rings. The first-order valence-electron chi connectivity index (χ1n) is 8.09. The van der Waals surface area contributed by atoms with Crippen LogP contribution in [0.1, 0.15) is 40.8 Å². The molecule has 1 fully saturated rings. The van der Waals surface area contributed by atoms with E-state index in [1.807, 2.05) is 19.1 Å². The van der Waals surface area contributed by atoms with Crippen molar-refractivity contribution in [3.05, 3.63) is 59.1 Å². The van der Waals surface area contributed by atoms with Crippen LogP contribution >= 0.6 is 0 Å². The molecule has 1 aromatic heterocycles. The van der Waals surface area contributed by atoms with E-state index < -0.39 is 23.1 Å². The molecule has 1 N–H and O–H groups in total. The van der Waals surface area contributed by atoms with E-state index in [4.69, 9.17) is 4.42 Å².